The van der Waals surface area contributed by atoms with Crippen molar-refractivity contribution in [1.29, 1.82) is 0 Å². The topological polar surface area (TPSA) is 84.1 Å². The Labute approximate surface area is 169 Å². The highest BCUT2D eigenvalue weighted by Crippen LogP contribution is 2.29. The third-order valence-corrected chi connectivity index (χ3v) is 5.31. The zero-order valence-corrected chi connectivity index (χ0v) is 16.2. The van der Waals surface area contributed by atoms with Crippen molar-refractivity contribution in [3.8, 4) is 0 Å². The molecule has 8 nitrogen and oxygen atoms in total. The smallest absolute Gasteiger partial charge is 0.367 e. The van der Waals surface area contributed by atoms with E-state index in [-0.39, 0.29) is 23.2 Å². The Bertz CT molecular complexity index is 1000. The van der Waals surface area contributed by atoms with E-state index in [2.05, 4.69) is 35.5 Å². The summed E-state index contributed by atoms with van der Waals surface area (Å²) in [4.78, 5) is 8.95. The van der Waals surface area contributed by atoms with Crippen LogP contribution in [0.2, 0.25) is 5.28 Å². The van der Waals surface area contributed by atoms with Gasteiger partial charge in [-0.05, 0) is 55.5 Å². The lowest BCUT2D eigenvalue weighted by Crippen LogP contribution is -2.39. The molecule has 0 saturated heterocycles. The van der Waals surface area contributed by atoms with Gasteiger partial charge in [-0.2, -0.15) is 17.7 Å². The first-order chi connectivity index (χ1) is 13.8. The van der Waals surface area contributed by atoms with E-state index in [1.54, 1.807) is 6.07 Å². The van der Waals surface area contributed by atoms with Crippen molar-refractivity contribution >= 4 is 28.9 Å². The van der Waals surface area contributed by atoms with Crippen LogP contribution in [0.25, 0.3) is 5.65 Å². The van der Waals surface area contributed by atoms with Crippen molar-refractivity contribution in [2.75, 3.05) is 17.3 Å². The number of alkyl halides is 3. The Morgan fingerprint density at radius 1 is 1.14 bits per heavy atom. The predicted octanol–water partition coefficient (Wildman–Crippen LogP) is 3.45. The molecule has 4 rings (SSSR count). The molecule has 0 bridgehead atoms. The Morgan fingerprint density at radius 2 is 1.90 bits per heavy atom. The molecule has 1 aliphatic rings. The van der Waals surface area contributed by atoms with E-state index in [9.17, 15) is 13.2 Å². The maximum Gasteiger partial charge on any atom is 0.451 e. The molecule has 1 aliphatic carbocycles. The van der Waals surface area contributed by atoms with E-state index in [1.807, 2.05) is 13.1 Å². The molecule has 1 saturated carbocycles. The molecular weight excluding hydrogens is 409 g/mol. The molecule has 3 aromatic heterocycles. The number of halogens is 4. The van der Waals surface area contributed by atoms with Crippen LogP contribution < -0.4 is 10.2 Å². The van der Waals surface area contributed by atoms with Crippen LogP contribution in [0.5, 0.6) is 0 Å². The van der Waals surface area contributed by atoms with Gasteiger partial charge in [0.2, 0.25) is 11.1 Å². The van der Waals surface area contributed by atoms with Crippen molar-refractivity contribution in [1.82, 2.24) is 29.8 Å². The van der Waals surface area contributed by atoms with Gasteiger partial charge in [0.05, 0.1) is 0 Å². The van der Waals surface area contributed by atoms with E-state index < -0.39 is 12.0 Å². The van der Waals surface area contributed by atoms with Gasteiger partial charge in [0.25, 0.3) is 0 Å². The maximum atomic E-state index is 12.8. The van der Waals surface area contributed by atoms with E-state index in [0.29, 0.717) is 5.65 Å². The van der Waals surface area contributed by atoms with E-state index in [1.165, 1.54) is 10.6 Å². The molecule has 0 aliphatic heterocycles. The van der Waals surface area contributed by atoms with E-state index in [0.717, 1.165) is 37.7 Å². The van der Waals surface area contributed by atoms with E-state index >= 15 is 0 Å². The van der Waals surface area contributed by atoms with Crippen LogP contribution >= 0.6 is 11.6 Å². The van der Waals surface area contributed by atoms with Gasteiger partial charge in [-0.15, -0.1) is 15.3 Å². The summed E-state index contributed by atoms with van der Waals surface area (Å²) in [6.45, 7) is 0. The molecule has 154 valence electrons. The number of nitrogens with zero attached hydrogens (tertiary/aromatic N) is 7. The first kappa shape index (κ1) is 19.6. The van der Waals surface area contributed by atoms with Gasteiger partial charge in [0.15, 0.2) is 5.65 Å². The molecule has 29 heavy (non-hydrogen) atoms. The number of rotatable bonds is 4. The fourth-order valence-electron chi connectivity index (χ4n) is 3.52. The van der Waals surface area contributed by atoms with Crippen LogP contribution in [0, 0.1) is 0 Å². The van der Waals surface area contributed by atoms with Crippen LogP contribution in [0.1, 0.15) is 31.5 Å². The minimum Gasteiger partial charge on any atom is -0.367 e. The first-order valence-corrected chi connectivity index (χ1v) is 9.46. The van der Waals surface area contributed by atoms with Crippen LogP contribution in [0.15, 0.2) is 24.4 Å². The Kier molecular flexibility index (Phi) is 5.15. The second kappa shape index (κ2) is 7.62. The number of hydrogen-bond acceptors (Lipinski definition) is 7. The standard InChI is InChI=1S/C17H18ClF3N8/c1-28(14-7-6-13-25-26-16(18)29(13)27-14)11-4-2-10(3-5-11)23-12-8-9-22-15(24-12)17(19,20)21/h6-11H,2-5H2,1H3,(H,22,23,24). The van der Waals surface area contributed by atoms with Crippen molar-refractivity contribution in [2.24, 2.45) is 0 Å². The Balaban J connectivity index is 1.38. The molecule has 3 heterocycles. The van der Waals surface area contributed by atoms with Gasteiger partial charge in [-0.3, -0.25) is 0 Å². The third-order valence-electron chi connectivity index (χ3n) is 5.08. The SMILES string of the molecule is CN(c1ccc2nnc(Cl)n2n1)C1CCC(Nc2ccnc(C(F)(F)F)n2)CC1. The molecule has 12 heteroatoms. The molecule has 0 spiro atoms. The van der Waals surface area contributed by atoms with Crippen LogP contribution in [-0.2, 0) is 6.18 Å². The largest absolute Gasteiger partial charge is 0.451 e. The number of anilines is 2. The maximum absolute atomic E-state index is 12.8. The number of aromatic nitrogens is 6. The second-order valence-electron chi connectivity index (χ2n) is 6.95. The van der Waals surface area contributed by atoms with Gasteiger partial charge < -0.3 is 10.2 Å². The molecule has 0 amide bonds. The van der Waals surface area contributed by atoms with Gasteiger partial charge in [0.1, 0.15) is 11.6 Å². The highest BCUT2D eigenvalue weighted by atomic mass is 35.5. The predicted molar refractivity (Wildman–Crippen MR) is 101 cm³/mol. The highest BCUT2D eigenvalue weighted by molar-refractivity contribution is 6.28. The van der Waals surface area contributed by atoms with Crippen LogP contribution in [-0.4, -0.2) is 48.9 Å². The summed E-state index contributed by atoms with van der Waals surface area (Å²) in [5.41, 5.74) is 0.572. The highest BCUT2D eigenvalue weighted by Gasteiger charge is 2.35. The summed E-state index contributed by atoms with van der Waals surface area (Å²) in [7, 11) is 1.96. The molecule has 0 unspecified atom stereocenters. The van der Waals surface area contributed by atoms with Crippen molar-refractivity contribution in [3.63, 3.8) is 0 Å². The normalized spacial score (nSPS) is 20.0. The molecule has 0 radical (unpaired) electrons. The summed E-state index contributed by atoms with van der Waals surface area (Å²) >= 11 is 5.99. The zero-order valence-electron chi connectivity index (χ0n) is 15.4. The van der Waals surface area contributed by atoms with Crippen molar-refractivity contribution in [2.45, 2.75) is 43.9 Å². The fraction of sp³-hybridized carbons (Fsp3) is 0.471. The average molecular weight is 427 g/mol. The number of nitrogens with one attached hydrogen (secondary N) is 1. The monoisotopic (exact) mass is 426 g/mol. The lowest BCUT2D eigenvalue weighted by Gasteiger charge is -2.35. The lowest BCUT2D eigenvalue weighted by molar-refractivity contribution is -0.144. The van der Waals surface area contributed by atoms with Gasteiger partial charge in [-0.25, -0.2) is 9.97 Å². The average Bonchev–Trinajstić information content (AvgIpc) is 3.08. The van der Waals surface area contributed by atoms with E-state index in [4.69, 9.17) is 11.6 Å². The molecule has 1 fully saturated rings. The number of fused-ring (bicyclic) bond motifs is 1. The minimum absolute atomic E-state index is 0.0540. The molecular formula is C17H18ClF3N8. The van der Waals surface area contributed by atoms with Crippen molar-refractivity contribution in [3.05, 3.63) is 35.5 Å². The Hall–Kier alpha value is -2.69. The molecule has 0 aromatic carbocycles. The quantitative estimate of drug-likeness (QED) is 0.684. The lowest BCUT2D eigenvalue weighted by atomic mass is 9.90. The summed E-state index contributed by atoms with van der Waals surface area (Å²) in [5, 5.41) is 15.5. The first-order valence-electron chi connectivity index (χ1n) is 9.09. The minimum atomic E-state index is -4.56. The second-order valence-corrected chi connectivity index (χ2v) is 7.29. The van der Waals surface area contributed by atoms with Crippen LogP contribution in [0.4, 0.5) is 24.8 Å². The fourth-order valence-corrected chi connectivity index (χ4v) is 3.68. The summed E-state index contributed by atoms with van der Waals surface area (Å²) in [6.07, 6.45) is -0.108. The van der Waals surface area contributed by atoms with Crippen molar-refractivity contribution < 1.29 is 13.2 Å². The number of hydrogen-bond donors (Lipinski definition) is 1. The zero-order chi connectivity index (χ0) is 20.6. The summed E-state index contributed by atoms with van der Waals surface area (Å²) in [6, 6.07) is 5.43. The molecule has 3 aromatic rings. The van der Waals surface area contributed by atoms with Crippen LogP contribution in [0.3, 0.4) is 0 Å². The van der Waals surface area contributed by atoms with Gasteiger partial charge >= 0.3 is 6.18 Å². The van der Waals surface area contributed by atoms with Gasteiger partial charge in [-0.1, -0.05) is 0 Å². The summed E-state index contributed by atoms with van der Waals surface area (Å²) < 4.78 is 39.8. The Morgan fingerprint density at radius 3 is 2.62 bits per heavy atom. The molecule has 1 N–H and O–H groups in total. The summed E-state index contributed by atoms with van der Waals surface area (Å²) in [5.74, 6) is -0.190. The third kappa shape index (κ3) is 4.19. The molecule has 0 atom stereocenters. The van der Waals surface area contributed by atoms with Gasteiger partial charge in [0, 0.05) is 25.3 Å².